The number of para-hydroxylation sites is 1. The van der Waals surface area contributed by atoms with E-state index in [1.165, 1.54) is 16.7 Å². The summed E-state index contributed by atoms with van der Waals surface area (Å²) < 4.78 is 30.6. The Hall–Kier alpha value is -2.22. The van der Waals surface area contributed by atoms with Gasteiger partial charge in [0.15, 0.2) is 6.29 Å². The first-order chi connectivity index (χ1) is 11.9. The molecule has 1 aromatic heterocycles. The first kappa shape index (κ1) is 17.6. The predicted octanol–water partition coefficient (Wildman–Crippen LogP) is 3.60. The molecule has 0 N–H and O–H groups in total. The van der Waals surface area contributed by atoms with Gasteiger partial charge in [0.1, 0.15) is 10.0 Å². The molecule has 0 saturated carbocycles. The Morgan fingerprint density at radius 1 is 1.08 bits per heavy atom. The van der Waals surface area contributed by atoms with Gasteiger partial charge in [0, 0.05) is 5.69 Å². The van der Waals surface area contributed by atoms with Crippen LogP contribution in [-0.2, 0) is 10.0 Å². The molecule has 0 spiro atoms. The van der Waals surface area contributed by atoms with Crippen molar-refractivity contribution in [3.8, 4) is 5.69 Å². The molecule has 0 aliphatic heterocycles. The predicted molar refractivity (Wildman–Crippen MR) is 98.0 cm³/mol. The van der Waals surface area contributed by atoms with Crippen LogP contribution in [-0.4, -0.2) is 19.3 Å². The van der Waals surface area contributed by atoms with E-state index in [4.69, 9.17) is 11.6 Å². The van der Waals surface area contributed by atoms with Crippen molar-refractivity contribution in [1.29, 1.82) is 0 Å². The maximum atomic E-state index is 12.6. The molecule has 0 fully saturated rings. The van der Waals surface area contributed by atoms with Gasteiger partial charge in [-0.15, -0.1) is 4.40 Å². The number of hydrogen-bond donors (Lipinski definition) is 0. The average Bonchev–Trinajstić information content (AvgIpc) is 2.90. The summed E-state index contributed by atoms with van der Waals surface area (Å²) in [6, 6.07) is 15.3. The minimum atomic E-state index is -3.93. The number of aldehydes is 1. The fourth-order valence-electron chi connectivity index (χ4n) is 2.18. The highest BCUT2D eigenvalue weighted by Crippen LogP contribution is 2.22. The smallest absolute Gasteiger partial charge is 0.285 e. The number of aryl methyl sites for hydroxylation is 1. The summed E-state index contributed by atoms with van der Waals surface area (Å²) in [6.07, 6.45) is 0.587. The van der Waals surface area contributed by atoms with Crippen molar-refractivity contribution in [2.24, 2.45) is 4.40 Å². The highest BCUT2D eigenvalue weighted by atomic mass is 35.5. The van der Waals surface area contributed by atoms with Gasteiger partial charge in [-0.05, 0) is 31.2 Å². The van der Waals surface area contributed by atoms with Crippen LogP contribution in [0.1, 0.15) is 15.2 Å². The number of rotatable bonds is 4. The van der Waals surface area contributed by atoms with Crippen molar-refractivity contribution >= 4 is 39.2 Å². The number of hydrogen-bond acceptors (Lipinski definition) is 4. The Kier molecular flexibility index (Phi) is 4.89. The molecule has 2 aromatic carbocycles. The number of carbonyl (C=O) groups excluding carboxylic acids is 1. The third-order valence-electron chi connectivity index (χ3n) is 3.43. The summed E-state index contributed by atoms with van der Waals surface area (Å²) in [6.45, 7) is 1.87. The third-order valence-corrected chi connectivity index (χ3v) is 6.28. The molecular formula is C17H13ClN2O3S2. The van der Waals surface area contributed by atoms with Crippen molar-refractivity contribution in [3.63, 3.8) is 0 Å². The monoisotopic (exact) mass is 392 g/mol. The summed E-state index contributed by atoms with van der Waals surface area (Å²) in [7, 11) is -3.93. The van der Waals surface area contributed by atoms with Crippen LogP contribution in [0.2, 0.25) is 5.15 Å². The van der Waals surface area contributed by atoms with E-state index >= 15 is 0 Å². The lowest BCUT2D eigenvalue weighted by Gasteiger charge is -2.04. The van der Waals surface area contributed by atoms with Gasteiger partial charge >= 0.3 is 0 Å². The second-order valence-electron chi connectivity index (χ2n) is 5.21. The minimum absolute atomic E-state index is 0.0786. The summed E-state index contributed by atoms with van der Waals surface area (Å²) in [5.41, 5.74) is 1.57. The number of benzene rings is 2. The van der Waals surface area contributed by atoms with Gasteiger partial charge in [0.05, 0.1) is 4.90 Å². The number of aromatic nitrogens is 1. The molecule has 0 saturated heterocycles. The number of thiazole rings is 1. The van der Waals surface area contributed by atoms with Crippen molar-refractivity contribution < 1.29 is 13.2 Å². The first-order valence-electron chi connectivity index (χ1n) is 7.22. The number of nitrogens with zero attached hydrogens (tertiary/aromatic N) is 2. The minimum Gasteiger partial charge on any atom is -0.297 e. The highest BCUT2D eigenvalue weighted by Gasteiger charge is 2.17. The van der Waals surface area contributed by atoms with E-state index < -0.39 is 10.0 Å². The SMILES string of the molecule is Cc1ccc(S(=O)(=O)/N=c2/sc(C=O)c(Cl)n2-c2ccccc2)cc1. The molecule has 5 nitrogen and oxygen atoms in total. The van der Waals surface area contributed by atoms with Gasteiger partial charge in [-0.25, -0.2) is 0 Å². The molecular weight excluding hydrogens is 380 g/mol. The van der Waals surface area contributed by atoms with Crippen LogP contribution in [0.25, 0.3) is 5.69 Å². The van der Waals surface area contributed by atoms with Crippen molar-refractivity contribution in [3.05, 3.63) is 75.0 Å². The van der Waals surface area contributed by atoms with Crippen LogP contribution in [0, 0.1) is 6.92 Å². The zero-order valence-electron chi connectivity index (χ0n) is 13.1. The molecule has 0 bridgehead atoms. The van der Waals surface area contributed by atoms with E-state index in [-0.39, 0.29) is 19.7 Å². The maximum Gasteiger partial charge on any atom is 0.285 e. The zero-order chi connectivity index (χ0) is 18.0. The number of halogens is 1. The molecule has 0 amide bonds. The second-order valence-corrected chi connectivity index (χ2v) is 8.18. The fourth-order valence-corrected chi connectivity index (χ4v) is 4.59. The van der Waals surface area contributed by atoms with E-state index in [1.54, 1.807) is 36.4 Å². The lowest BCUT2D eigenvalue weighted by molar-refractivity contribution is 0.112. The van der Waals surface area contributed by atoms with Gasteiger partial charge in [0.25, 0.3) is 10.0 Å². The highest BCUT2D eigenvalue weighted by molar-refractivity contribution is 7.90. The molecule has 0 radical (unpaired) electrons. The molecule has 1 heterocycles. The molecule has 8 heteroatoms. The van der Waals surface area contributed by atoms with E-state index in [9.17, 15) is 13.2 Å². The third kappa shape index (κ3) is 3.58. The first-order valence-corrected chi connectivity index (χ1v) is 9.85. The second kappa shape index (κ2) is 6.95. The summed E-state index contributed by atoms with van der Waals surface area (Å²) in [4.78, 5) is 11.6. The lowest BCUT2D eigenvalue weighted by atomic mass is 10.2. The molecule has 0 aliphatic rings. The summed E-state index contributed by atoms with van der Waals surface area (Å²) >= 11 is 7.17. The van der Waals surface area contributed by atoms with Crippen LogP contribution >= 0.6 is 22.9 Å². The summed E-state index contributed by atoms with van der Waals surface area (Å²) in [5, 5.41) is 0.129. The van der Waals surface area contributed by atoms with Gasteiger partial charge in [0.2, 0.25) is 4.80 Å². The molecule has 0 unspecified atom stereocenters. The van der Waals surface area contributed by atoms with Crippen LogP contribution in [0.4, 0.5) is 0 Å². The number of sulfonamides is 1. The van der Waals surface area contributed by atoms with E-state index in [1.807, 2.05) is 13.0 Å². The summed E-state index contributed by atoms with van der Waals surface area (Å²) in [5.74, 6) is 0. The fraction of sp³-hybridized carbons (Fsp3) is 0.0588. The maximum absolute atomic E-state index is 12.6. The van der Waals surface area contributed by atoms with Crippen molar-refractivity contribution in [2.45, 2.75) is 11.8 Å². The van der Waals surface area contributed by atoms with Crippen LogP contribution in [0.5, 0.6) is 0 Å². The van der Waals surface area contributed by atoms with E-state index in [0.29, 0.717) is 12.0 Å². The normalized spacial score (nSPS) is 12.3. The molecule has 25 heavy (non-hydrogen) atoms. The topological polar surface area (TPSA) is 68.5 Å². The average molecular weight is 393 g/mol. The van der Waals surface area contributed by atoms with E-state index in [2.05, 4.69) is 4.40 Å². The van der Waals surface area contributed by atoms with E-state index in [0.717, 1.165) is 16.9 Å². The Morgan fingerprint density at radius 3 is 2.32 bits per heavy atom. The van der Waals surface area contributed by atoms with Crippen molar-refractivity contribution in [1.82, 2.24) is 4.57 Å². The Bertz CT molecular complexity index is 1080. The lowest BCUT2D eigenvalue weighted by Crippen LogP contribution is -2.15. The van der Waals surface area contributed by atoms with Gasteiger partial charge < -0.3 is 0 Å². The van der Waals surface area contributed by atoms with Crippen LogP contribution in [0.15, 0.2) is 63.9 Å². The molecule has 3 rings (SSSR count). The van der Waals surface area contributed by atoms with Crippen molar-refractivity contribution in [2.75, 3.05) is 0 Å². The van der Waals surface area contributed by atoms with Gasteiger partial charge in [-0.3, -0.25) is 9.36 Å². The van der Waals surface area contributed by atoms with Gasteiger partial charge in [-0.1, -0.05) is 58.8 Å². The Labute approximate surface area is 153 Å². The molecule has 0 aliphatic carbocycles. The molecule has 128 valence electrons. The van der Waals surface area contributed by atoms with Crippen LogP contribution in [0.3, 0.4) is 0 Å². The Morgan fingerprint density at radius 2 is 1.72 bits per heavy atom. The largest absolute Gasteiger partial charge is 0.297 e. The number of carbonyl (C=O) groups is 1. The van der Waals surface area contributed by atoms with Gasteiger partial charge in [-0.2, -0.15) is 8.42 Å². The standard InChI is InChI=1S/C17H13ClN2O3S2/c1-12-7-9-14(10-8-12)25(22,23)19-17-20(13-5-3-2-4-6-13)16(18)15(11-21)24-17/h2-11H,1H3/b19-17+. The Balaban J connectivity index is 2.25. The quantitative estimate of drug-likeness (QED) is 0.637. The molecule has 0 atom stereocenters. The van der Waals surface area contributed by atoms with Crippen LogP contribution < -0.4 is 4.80 Å². The molecule has 3 aromatic rings. The zero-order valence-corrected chi connectivity index (χ0v) is 15.5.